The molecule has 1 heterocycles. The molecule has 2 aliphatic rings. The van der Waals surface area contributed by atoms with Gasteiger partial charge in [0.1, 0.15) is 0 Å². The summed E-state index contributed by atoms with van der Waals surface area (Å²) in [6, 6.07) is 6.99. The molecule has 1 saturated carbocycles. The second-order valence-electron chi connectivity index (χ2n) is 11.1. The number of hydrogen-bond acceptors (Lipinski definition) is 3. The standard InChI is InChI=1S/C28H44ClF2N3O2/c1-27(30,31)14-8-15-28(36,22-11-6-13-24(29)18-22)23-12-7-16-34(20-23)26(35)33-25(19-32-2)17-21-9-4-3-5-10-21/h6,11,13,18,21,23,25,32,36H,3-5,7-10,12,14-17,19-20H2,1-2H3,(H,33,35)/t23-,25?,28?/m1/s1. The molecule has 1 aromatic carbocycles. The summed E-state index contributed by atoms with van der Waals surface area (Å²) in [5.74, 6) is -2.40. The van der Waals surface area contributed by atoms with Crippen molar-refractivity contribution in [2.45, 2.75) is 95.1 Å². The lowest BCUT2D eigenvalue weighted by atomic mass is 9.74. The van der Waals surface area contributed by atoms with Crippen LogP contribution in [0.3, 0.4) is 0 Å². The second kappa shape index (κ2) is 13.4. The Balaban J connectivity index is 1.70. The summed E-state index contributed by atoms with van der Waals surface area (Å²) in [6.45, 7) is 2.63. The smallest absolute Gasteiger partial charge is 0.317 e. The minimum absolute atomic E-state index is 0.0598. The first-order valence-corrected chi connectivity index (χ1v) is 14.0. The Kier molecular flexibility index (Phi) is 10.8. The van der Waals surface area contributed by atoms with Crippen LogP contribution in [0, 0.1) is 11.8 Å². The molecular weight excluding hydrogens is 484 g/mol. The van der Waals surface area contributed by atoms with Gasteiger partial charge in [-0.05, 0) is 69.7 Å². The summed E-state index contributed by atoms with van der Waals surface area (Å²) in [6.07, 6.45) is 8.83. The van der Waals surface area contributed by atoms with E-state index in [2.05, 4.69) is 10.6 Å². The van der Waals surface area contributed by atoms with E-state index >= 15 is 0 Å². The maximum atomic E-state index is 13.6. The molecule has 8 heteroatoms. The van der Waals surface area contributed by atoms with Gasteiger partial charge in [-0.1, -0.05) is 55.8 Å². The van der Waals surface area contributed by atoms with E-state index in [1.54, 1.807) is 23.1 Å². The number of urea groups is 1. The van der Waals surface area contributed by atoms with E-state index in [1.165, 1.54) is 32.1 Å². The third-order valence-corrected chi connectivity index (χ3v) is 8.24. The van der Waals surface area contributed by atoms with E-state index in [0.717, 1.165) is 32.7 Å². The Morgan fingerprint density at radius 3 is 2.61 bits per heavy atom. The summed E-state index contributed by atoms with van der Waals surface area (Å²) >= 11 is 6.23. The van der Waals surface area contributed by atoms with Gasteiger partial charge in [-0.15, -0.1) is 0 Å². The van der Waals surface area contributed by atoms with Crippen LogP contribution in [-0.2, 0) is 5.60 Å². The molecule has 204 valence electrons. The predicted molar refractivity (Wildman–Crippen MR) is 142 cm³/mol. The quantitative estimate of drug-likeness (QED) is 0.315. The van der Waals surface area contributed by atoms with Gasteiger partial charge in [0.15, 0.2) is 0 Å². The van der Waals surface area contributed by atoms with Crippen LogP contribution >= 0.6 is 11.6 Å². The highest BCUT2D eigenvalue weighted by Gasteiger charge is 2.42. The van der Waals surface area contributed by atoms with Crippen LogP contribution in [0.5, 0.6) is 0 Å². The molecule has 1 saturated heterocycles. The van der Waals surface area contributed by atoms with Crippen molar-refractivity contribution in [2.75, 3.05) is 26.7 Å². The van der Waals surface area contributed by atoms with Gasteiger partial charge in [0.25, 0.3) is 0 Å². The first-order chi connectivity index (χ1) is 17.1. The van der Waals surface area contributed by atoms with Crippen LogP contribution < -0.4 is 10.6 Å². The maximum absolute atomic E-state index is 13.6. The van der Waals surface area contributed by atoms with Gasteiger partial charge >= 0.3 is 6.03 Å². The van der Waals surface area contributed by atoms with E-state index in [1.807, 2.05) is 13.1 Å². The number of nitrogens with zero attached hydrogens (tertiary/aromatic N) is 1. The van der Waals surface area contributed by atoms with Crippen LogP contribution in [0.4, 0.5) is 13.6 Å². The third kappa shape index (κ3) is 8.56. The van der Waals surface area contributed by atoms with E-state index in [4.69, 9.17) is 11.6 Å². The van der Waals surface area contributed by atoms with Gasteiger partial charge in [0.2, 0.25) is 5.92 Å². The van der Waals surface area contributed by atoms with Gasteiger partial charge in [-0.3, -0.25) is 0 Å². The van der Waals surface area contributed by atoms with Crippen LogP contribution in [0.25, 0.3) is 0 Å². The minimum Gasteiger partial charge on any atom is -0.385 e. The number of benzene rings is 1. The van der Waals surface area contributed by atoms with Gasteiger partial charge in [-0.25, -0.2) is 13.6 Å². The third-order valence-electron chi connectivity index (χ3n) is 8.00. The summed E-state index contributed by atoms with van der Waals surface area (Å²) in [5, 5.41) is 18.9. The second-order valence-corrected chi connectivity index (χ2v) is 11.5. The molecule has 0 bridgehead atoms. The number of halogens is 3. The zero-order chi connectivity index (χ0) is 26.2. The van der Waals surface area contributed by atoms with Crippen molar-refractivity contribution in [1.29, 1.82) is 0 Å². The number of carbonyl (C=O) groups is 1. The highest BCUT2D eigenvalue weighted by molar-refractivity contribution is 6.30. The van der Waals surface area contributed by atoms with Crippen molar-refractivity contribution < 1.29 is 18.7 Å². The van der Waals surface area contributed by atoms with E-state index in [9.17, 15) is 18.7 Å². The van der Waals surface area contributed by atoms with Gasteiger partial charge < -0.3 is 20.6 Å². The van der Waals surface area contributed by atoms with Crippen LogP contribution in [0.2, 0.25) is 5.02 Å². The number of amides is 2. The number of rotatable bonds is 11. The van der Waals surface area contributed by atoms with Gasteiger partial charge in [0.05, 0.1) is 5.60 Å². The Morgan fingerprint density at radius 2 is 1.94 bits per heavy atom. The van der Waals surface area contributed by atoms with Crippen molar-refractivity contribution in [2.24, 2.45) is 11.8 Å². The molecule has 0 radical (unpaired) electrons. The average molecular weight is 528 g/mol. The molecular formula is C28H44ClF2N3O2. The molecule has 36 heavy (non-hydrogen) atoms. The monoisotopic (exact) mass is 527 g/mol. The average Bonchev–Trinajstić information content (AvgIpc) is 2.84. The van der Waals surface area contributed by atoms with Crippen molar-refractivity contribution in [1.82, 2.24) is 15.5 Å². The molecule has 2 unspecified atom stereocenters. The fourth-order valence-corrected chi connectivity index (χ4v) is 6.28. The molecule has 1 aliphatic heterocycles. The number of nitrogens with one attached hydrogen (secondary N) is 2. The van der Waals surface area contributed by atoms with E-state index in [-0.39, 0.29) is 37.3 Å². The number of hydrogen-bond donors (Lipinski definition) is 3. The van der Waals surface area contributed by atoms with Crippen molar-refractivity contribution in [3.8, 4) is 0 Å². The summed E-state index contributed by atoms with van der Waals surface area (Å²) in [5.41, 5.74) is -0.700. The molecule has 5 nitrogen and oxygen atoms in total. The Labute approximate surface area is 220 Å². The number of likely N-dealkylation sites (N-methyl/N-ethyl adjacent to an activating group) is 1. The largest absolute Gasteiger partial charge is 0.385 e. The minimum atomic E-state index is -2.78. The maximum Gasteiger partial charge on any atom is 0.317 e. The van der Waals surface area contributed by atoms with Crippen LogP contribution in [-0.4, -0.2) is 54.7 Å². The molecule has 0 aromatic heterocycles. The van der Waals surface area contributed by atoms with Crippen molar-refractivity contribution in [3.63, 3.8) is 0 Å². The highest BCUT2D eigenvalue weighted by Crippen LogP contribution is 2.41. The predicted octanol–water partition coefficient (Wildman–Crippen LogP) is 6.33. The zero-order valence-corrected chi connectivity index (χ0v) is 22.6. The number of carbonyl (C=O) groups excluding carboxylic acids is 1. The number of aliphatic hydroxyl groups is 1. The fraction of sp³-hybridized carbons (Fsp3) is 0.750. The van der Waals surface area contributed by atoms with Gasteiger partial charge in [-0.2, -0.15) is 0 Å². The number of piperidine rings is 1. The molecule has 3 N–H and O–H groups in total. The van der Waals surface area contributed by atoms with E-state index in [0.29, 0.717) is 29.6 Å². The molecule has 2 amide bonds. The summed E-state index contributed by atoms with van der Waals surface area (Å²) < 4.78 is 27.1. The molecule has 0 spiro atoms. The van der Waals surface area contributed by atoms with Crippen molar-refractivity contribution in [3.05, 3.63) is 34.9 Å². The van der Waals surface area contributed by atoms with Gasteiger partial charge in [0, 0.05) is 43.0 Å². The number of alkyl halides is 2. The first-order valence-electron chi connectivity index (χ1n) is 13.7. The normalized spacial score (nSPS) is 22.2. The summed E-state index contributed by atoms with van der Waals surface area (Å²) in [7, 11) is 1.90. The van der Waals surface area contributed by atoms with Crippen LogP contribution in [0.1, 0.15) is 83.1 Å². The SMILES string of the molecule is CNCC(CC1CCCCC1)NC(=O)N1CCC[C@@H](C(O)(CCCC(C)(F)F)c2cccc(Cl)c2)C1. The molecule has 3 rings (SSSR count). The summed E-state index contributed by atoms with van der Waals surface area (Å²) in [4.78, 5) is 15.1. The van der Waals surface area contributed by atoms with Crippen LogP contribution in [0.15, 0.2) is 24.3 Å². The lowest BCUT2D eigenvalue weighted by Gasteiger charge is -2.43. The lowest BCUT2D eigenvalue weighted by molar-refractivity contribution is -0.0628. The zero-order valence-electron chi connectivity index (χ0n) is 21.9. The molecule has 1 aliphatic carbocycles. The highest BCUT2D eigenvalue weighted by atomic mass is 35.5. The number of likely N-dealkylation sites (tertiary alicyclic amines) is 1. The first kappa shape index (κ1) is 29.1. The molecule has 1 aromatic rings. The van der Waals surface area contributed by atoms with Crippen molar-refractivity contribution >= 4 is 17.6 Å². The lowest BCUT2D eigenvalue weighted by Crippen LogP contribution is -2.54. The Hall–Kier alpha value is -1.44. The molecule has 2 fully saturated rings. The fourth-order valence-electron chi connectivity index (χ4n) is 6.09. The topological polar surface area (TPSA) is 64.6 Å². The molecule has 3 atom stereocenters. The Bertz CT molecular complexity index is 831. The Morgan fingerprint density at radius 1 is 1.19 bits per heavy atom. The van der Waals surface area contributed by atoms with E-state index < -0.39 is 11.5 Å².